The van der Waals surface area contributed by atoms with Crippen LogP contribution in [0.15, 0.2) is 16.7 Å². The van der Waals surface area contributed by atoms with Crippen molar-refractivity contribution in [3.05, 3.63) is 18.0 Å². The zero-order valence-corrected chi connectivity index (χ0v) is 11.4. The van der Waals surface area contributed by atoms with E-state index >= 15 is 0 Å². The van der Waals surface area contributed by atoms with E-state index in [4.69, 9.17) is 9.26 Å². The quantitative estimate of drug-likeness (QED) is 0.901. The maximum atomic E-state index is 11.2. The Balaban J connectivity index is 1.84. The molecule has 3 rings (SSSR count). The number of ether oxygens (including phenoxy) is 1. The van der Waals surface area contributed by atoms with Gasteiger partial charge < -0.3 is 14.4 Å². The van der Waals surface area contributed by atoms with Crippen LogP contribution < -0.4 is 4.74 Å². The smallest absolute Gasteiger partial charge is 0.307 e. The number of rotatable bonds is 4. The number of carbonyl (C=O) groups is 1. The van der Waals surface area contributed by atoms with E-state index in [1.807, 2.05) is 0 Å². The molecule has 8 nitrogen and oxygen atoms in total. The number of nitrogens with zero attached hydrogens (tertiary/aromatic N) is 4. The molecule has 0 aliphatic heterocycles. The first-order chi connectivity index (χ1) is 10.2. The lowest BCUT2D eigenvalue weighted by molar-refractivity contribution is -0.142. The van der Waals surface area contributed by atoms with Crippen molar-refractivity contribution in [1.29, 1.82) is 0 Å². The third-order valence-electron chi connectivity index (χ3n) is 3.67. The molecule has 110 valence electrons. The number of hydrogen-bond donors (Lipinski definition) is 1. The largest absolute Gasteiger partial charge is 0.481 e. The standard InChI is InChI=1S/C13H14N4O4/c1-20-10-6-5-9(15-16-10)11-14-12(21-17-11)7-3-2-4-8(7)13(18)19/h5-8H,2-4H2,1H3,(H,18,19). The number of methoxy groups -OCH3 is 1. The van der Waals surface area contributed by atoms with Crippen LogP contribution in [-0.4, -0.2) is 38.5 Å². The summed E-state index contributed by atoms with van der Waals surface area (Å²) < 4.78 is 10.1. The molecule has 21 heavy (non-hydrogen) atoms. The van der Waals surface area contributed by atoms with Gasteiger partial charge in [-0.25, -0.2) is 0 Å². The van der Waals surface area contributed by atoms with Gasteiger partial charge in [-0.2, -0.15) is 4.98 Å². The Labute approximate surface area is 120 Å². The molecular formula is C13H14N4O4. The molecule has 1 N–H and O–H groups in total. The molecule has 2 heterocycles. The van der Waals surface area contributed by atoms with Crippen LogP contribution >= 0.6 is 0 Å². The van der Waals surface area contributed by atoms with Crippen molar-refractivity contribution in [2.75, 3.05) is 7.11 Å². The second-order valence-electron chi connectivity index (χ2n) is 4.90. The molecule has 1 aliphatic carbocycles. The third-order valence-corrected chi connectivity index (χ3v) is 3.67. The molecule has 0 radical (unpaired) electrons. The average molecular weight is 290 g/mol. The van der Waals surface area contributed by atoms with Crippen LogP contribution in [0.25, 0.3) is 11.5 Å². The van der Waals surface area contributed by atoms with Gasteiger partial charge in [0.2, 0.25) is 17.6 Å². The Bertz CT molecular complexity index is 640. The molecule has 0 aromatic carbocycles. The highest BCUT2D eigenvalue weighted by atomic mass is 16.5. The fraction of sp³-hybridized carbons (Fsp3) is 0.462. The zero-order valence-electron chi connectivity index (χ0n) is 11.4. The summed E-state index contributed by atoms with van der Waals surface area (Å²) in [4.78, 5) is 15.5. The highest BCUT2D eigenvalue weighted by molar-refractivity contribution is 5.71. The van der Waals surface area contributed by atoms with Gasteiger partial charge in [0.1, 0.15) is 5.69 Å². The maximum Gasteiger partial charge on any atom is 0.307 e. The highest BCUT2D eigenvalue weighted by Gasteiger charge is 2.37. The molecule has 0 amide bonds. The summed E-state index contributed by atoms with van der Waals surface area (Å²) in [5.41, 5.74) is 0.454. The number of hydrogen-bond acceptors (Lipinski definition) is 7. The van der Waals surface area contributed by atoms with Crippen LogP contribution in [0.4, 0.5) is 0 Å². The van der Waals surface area contributed by atoms with Gasteiger partial charge in [0, 0.05) is 6.07 Å². The van der Waals surface area contributed by atoms with E-state index in [0.29, 0.717) is 29.7 Å². The van der Waals surface area contributed by atoms with Crippen molar-refractivity contribution in [3.63, 3.8) is 0 Å². The maximum absolute atomic E-state index is 11.2. The minimum atomic E-state index is -0.818. The summed E-state index contributed by atoms with van der Waals surface area (Å²) in [5, 5.41) is 20.8. The summed E-state index contributed by atoms with van der Waals surface area (Å²) in [7, 11) is 1.50. The van der Waals surface area contributed by atoms with Crippen LogP contribution in [0.5, 0.6) is 5.88 Å². The molecule has 0 saturated heterocycles. The van der Waals surface area contributed by atoms with Crippen LogP contribution in [-0.2, 0) is 4.79 Å². The fourth-order valence-corrected chi connectivity index (χ4v) is 2.59. The van der Waals surface area contributed by atoms with Gasteiger partial charge in [-0.3, -0.25) is 4.79 Å². The minimum absolute atomic E-state index is 0.227. The Hall–Kier alpha value is -2.51. The van der Waals surface area contributed by atoms with Gasteiger partial charge in [0.15, 0.2) is 0 Å². The van der Waals surface area contributed by atoms with Crippen molar-refractivity contribution in [3.8, 4) is 17.4 Å². The molecule has 1 fully saturated rings. The van der Waals surface area contributed by atoms with Gasteiger partial charge in [-0.05, 0) is 18.9 Å². The Morgan fingerprint density at radius 2 is 2.24 bits per heavy atom. The van der Waals surface area contributed by atoms with Gasteiger partial charge in [-0.1, -0.05) is 11.6 Å². The molecule has 0 bridgehead atoms. The van der Waals surface area contributed by atoms with Gasteiger partial charge in [0.05, 0.1) is 18.9 Å². The lowest BCUT2D eigenvalue weighted by Gasteiger charge is -2.09. The minimum Gasteiger partial charge on any atom is -0.481 e. The average Bonchev–Trinajstić information content (AvgIpc) is 3.16. The van der Waals surface area contributed by atoms with Crippen LogP contribution in [0.1, 0.15) is 31.1 Å². The summed E-state index contributed by atoms with van der Waals surface area (Å²) in [6, 6.07) is 3.32. The molecule has 2 aromatic rings. The number of aliphatic carboxylic acids is 1. The zero-order chi connectivity index (χ0) is 14.8. The van der Waals surface area contributed by atoms with E-state index in [2.05, 4.69) is 20.3 Å². The van der Waals surface area contributed by atoms with Crippen molar-refractivity contribution in [1.82, 2.24) is 20.3 Å². The number of aromatic nitrogens is 4. The van der Waals surface area contributed by atoms with E-state index in [1.165, 1.54) is 7.11 Å². The fourth-order valence-electron chi connectivity index (χ4n) is 2.59. The molecule has 1 saturated carbocycles. The molecule has 1 aliphatic rings. The molecule has 2 unspecified atom stereocenters. The van der Waals surface area contributed by atoms with Crippen LogP contribution in [0.3, 0.4) is 0 Å². The number of carboxylic acid groups (broad SMARTS) is 1. The monoisotopic (exact) mass is 290 g/mol. The van der Waals surface area contributed by atoms with Crippen molar-refractivity contribution < 1.29 is 19.2 Å². The van der Waals surface area contributed by atoms with Crippen LogP contribution in [0, 0.1) is 5.92 Å². The Morgan fingerprint density at radius 3 is 2.90 bits per heavy atom. The van der Waals surface area contributed by atoms with Gasteiger partial charge in [0.25, 0.3) is 0 Å². The molecule has 2 aromatic heterocycles. The summed E-state index contributed by atoms with van der Waals surface area (Å²) in [6.07, 6.45) is 2.23. The summed E-state index contributed by atoms with van der Waals surface area (Å²) in [6.45, 7) is 0. The summed E-state index contributed by atoms with van der Waals surface area (Å²) in [5.74, 6) is -0.454. The molecular weight excluding hydrogens is 276 g/mol. The molecule has 0 spiro atoms. The first-order valence-electron chi connectivity index (χ1n) is 6.63. The first-order valence-corrected chi connectivity index (χ1v) is 6.63. The summed E-state index contributed by atoms with van der Waals surface area (Å²) >= 11 is 0. The number of carboxylic acids is 1. The van der Waals surface area contributed by atoms with E-state index in [9.17, 15) is 9.90 Å². The predicted molar refractivity (Wildman–Crippen MR) is 69.6 cm³/mol. The second kappa shape index (κ2) is 5.47. The lowest BCUT2D eigenvalue weighted by atomic mass is 9.96. The van der Waals surface area contributed by atoms with Gasteiger partial charge in [-0.15, -0.1) is 10.2 Å². The van der Waals surface area contributed by atoms with Crippen LogP contribution in [0.2, 0.25) is 0 Å². The predicted octanol–water partition coefficient (Wildman–Crippen LogP) is 1.50. The van der Waals surface area contributed by atoms with Crippen molar-refractivity contribution >= 4 is 5.97 Å². The Kier molecular flexibility index (Phi) is 3.51. The molecule has 2 atom stereocenters. The first kappa shape index (κ1) is 13.5. The molecule has 8 heteroatoms. The van der Waals surface area contributed by atoms with E-state index < -0.39 is 11.9 Å². The van der Waals surface area contributed by atoms with Gasteiger partial charge >= 0.3 is 5.97 Å². The third kappa shape index (κ3) is 2.56. The lowest BCUT2D eigenvalue weighted by Crippen LogP contribution is -2.17. The SMILES string of the molecule is COc1ccc(-c2noc(C3CCCC3C(=O)O)n2)nn1. The van der Waals surface area contributed by atoms with E-state index in [-0.39, 0.29) is 5.92 Å². The van der Waals surface area contributed by atoms with E-state index in [1.54, 1.807) is 12.1 Å². The van der Waals surface area contributed by atoms with E-state index in [0.717, 1.165) is 12.8 Å². The topological polar surface area (TPSA) is 111 Å². The van der Waals surface area contributed by atoms with Crippen molar-refractivity contribution in [2.24, 2.45) is 5.92 Å². The Morgan fingerprint density at radius 1 is 1.38 bits per heavy atom. The normalized spacial score (nSPS) is 21.4. The van der Waals surface area contributed by atoms with Crippen molar-refractivity contribution in [2.45, 2.75) is 25.2 Å². The second-order valence-corrected chi connectivity index (χ2v) is 4.90. The highest BCUT2D eigenvalue weighted by Crippen LogP contribution is 2.39.